The molecule has 31 heavy (non-hydrogen) atoms. The number of rotatable bonds is 8. The minimum atomic E-state index is -0.324. The maximum Gasteiger partial charge on any atom is 0.323 e. The largest absolute Gasteiger partial charge is 0.490 e. The Balaban J connectivity index is 1.72. The second kappa shape index (κ2) is 9.47. The minimum Gasteiger partial charge on any atom is -0.490 e. The molecule has 8 nitrogen and oxygen atoms in total. The average Bonchev–Trinajstić information content (AvgIpc) is 3.05. The molecular weight excluding hydrogens is 464 g/mol. The van der Waals surface area contributed by atoms with E-state index in [0.717, 1.165) is 26.8 Å². The normalized spacial score (nSPS) is 11.4. The first kappa shape index (κ1) is 22.7. The van der Waals surface area contributed by atoms with E-state index in [9.17, 15) is 9.59 Å². The molecular formula is C22H27BrN4O4. The number of aromatic amines is 2. The zero-order chi connectivity index (χ0) is 22.6. The standard InChI is InChI=1S/C22H27BrN4O4/c1-5-30-18-8-13(11-24-14-6-7-16-17(9-14)26-21(29)25-16)15(23)10-19(18)31-12-20(28)27-22(2,3)4/h6-10,24H,5,11-12H2,1-4H3,(H,27,28)(H2,25,26,29). The van der Waals surface area contributed by atoms with Gasteiger partial charge in [-0.05, 0) is 63.6 Å². The fraction of sp³-hybridized carbons (Fsp3) is 0.364. The number of carbonyl (C=O) groups excluding carboxylic acids is 1. The fourth-order valence-corrected chi connectivity index (χ4v) is 3.49. The number of anilines is 1. The number of hydrogen-bond donors (Lipinski definition) is 4. The molecule has 1 heterocycles. The summed E-state index contributed by atoms with van der Waals surface area (Å²) in [5.74, 6) is 0.860. The Morgan fingerprint density at radius 1 is 1.06 bits per heavy atom. The molecule has 0 unspecified atom stereocenters. The molecule has 3 rings (SSSR count). The maximum atomic E-state index is 12.1. The molecule has 4 N–H and O–H groups in total. The molecule has 0 aliphatic carbocycles. The Labute approximate surface area is 188 Å². The van der Waals surface area contributed by atoms with Crippen LogP contribution >= 0.6 is 15.9 Å². The van der Waals surface area contributed by atoms with Gasteiger partial charge in [0.2, 0.25) is 0 Å². The van der Waals surface area contributed by atoms with Gasteiger partial charge in [-0.3, -0.25) is 4.79 Å². The van der Waals surface area contributed by atoms with Crippen LogP contribution in [0.1, 0.15) is 33.3 Å². The molecule has 0 saturated heterocycles. The smallest absolute Gasteiger partial charge is 0.323 e. The number of fused-ring (bicyclic) bond motifs is 1. The van der Waals surface area contributed by atoms with Crippen LogP contribution in [0.2, 0.25) is 0 Å². The van der Waals surface area contributed by atoms with Crippen molar-refractivity contribution >= 4 is 38.6 Å². The quantitative estimate of drug-likeness (QED) is 0.382. The third kappa shape index (κ3) is 6.27. The van der Waals surface area contributed by atoms with Crippen molar-refractivity contribution in [2.45, 2.75) is 39.8 Å². The van der Waals surface area contributed by atoms with Crippen LogP contribution in [-0.2, 0) is 11.3 Å². The van der Waals surface area contributed by atoms with Crippen LogP contribution in [0.25, 0.3) is 11.0 Å². The van der Waals surface area contributed by atoms with Crippen molar-refractivity contribution in [1.29, 1.82) is 0 Å². The Hall–Kier alpha value is -2.94. The lowest BCUT2D eigenvalue weighted by Gasteiger charge is -2.21. The van der Waals surface area contributed by atoms with E-state index in [-0.39, 0.29) is 23.7 Å². The van der Waals surface area contributed by atoms with Gasteiger partial charge in [0, 0.05) is 22.2 Å². The van der Waals surface area contributed by atoms with E-state index in [1.54, 1.807) is 6.07 Å². The summed E-state index contributed by atoms with van der Waals surface area (Å²) in [4.78, 5) is 29.0. The number of nitrogens with one attached hydrogen (secondary N) is 4. The van der Waals surface area contributed by atoms with E-state index < -0.39 is 0 Å². The summed E-state index contributed by atoms with van der Waals surface area (Å²) in [6.45, 7) is 8.53. The highest BCUT2D eigenvalue weighted by Gasteiger charge is 2.16. The summed E-state index contributed by atoms with van der Waals surface area (Å²) in [5, 5.41) is 6.21. The summed E-state index contributed by atoms with van der Waals surface area (Å²) < 4.78 is 12.3. The van der Waals surface area contributed by atoms with Crippen molar-refractivity contribution in [2.75, 3.05) is 18.5 Å². The van der Waals surface area contributed by atoms with Crippen LogP contribution in [0, 0.1) is 0 Å². The van der Waals surface area contributed by atoms with Gasteiger partial charge >= 0.3 is 5.69 Å². The molecule has 0 radical (unpaired) electrons. The first-order valence-electron chi connectivity index (χ1n) is 9.99. The highest BCUT2D eigenvalue weighted by Crippen LogP contribution is 2.34. The van der Waals surface area contributed by atoms with Gasteiger partial charge < -0.3 is 30.1 Å². The summed E-state index contributed by atoms with van der Waals surface area (Å²) in [6.07, 6.45) is 0. The Morgan fingerprint density at radius 2 is 1.77 bits per heavy atom. The van der Waals surface area contributed by atoms with Gasteiger partial charge in [-0.2, -0.15) is 0 Å². The molecule has 166 valence electrons. The zero-order valence-corrected chi connectivity index (χ0v) is 19.6. The third-order valence-corrected chi connectivity index (χ3v) is 5.02. The lowest BCUT2D eigenvalue weighted by atomic mass is 10.1. The first-order chi connectivity index (χ1) is 14.6. The number of amides is 1. The van der Waals surface area contributed by atoms with Gasteiger partial charge in [0.25, 0.3) is 5.91 Å². The fourth-order valence-electron chi connectivity index (χ4n) is 3.03. The second-order valence-corrected chi connectivity index (χ2v) is 8.96. The summed E-state index contributed by atoms with van der Waals surface area (Å²) in [6, 6.07) is 9.30. The van der Waals surface area contributed by atoms with Crippen LogP contribution in [0.5, 0.6) is 11.5 Å². The maximum absolute atomic E-state index is 12.1. The number of H-pyrrole nitrogens is 2. The van der Waals surface area contributed by atoms with Crippen LogP contribution < -0.4 is 25.8 Å². The predicted molar refractivity (Wildman–Crippen MR) is 125 cm³/mol. The SMILES string of the molecule is CCOc1cc(CNc2ccc3[nH]c(=O)[nH]c3c2)c(Br)cc1OCC(=O)NC(C)(C)C. The van der Waals surface area contributed by atoms with E-state index >= 15 is 0 Å². The lowest BCUT2D eigenvalue weighted by molar-refractivity contribution is -0.124. The summed E-state index contributed by atoms with van der Waals surface area (Å²) >= 11 is 3.58. The molecule has 2 aromatic carbocycles. The molecule has 0 bridgehead atoms. The number of imidazole rings is 1. The number of ether oxygens (including phenoxy) is 2. The third-order valence-electron chi connectivity index (χ3n) is 4.28. The molecule has 0 aliphatic rings. The summed E-state index contributed by atoms with van der Waals surface area (Å²) in [5.41, 5.74) is 2.76. The van der Waals surface area contributed by atoms with Gasteiger partial charge in [-0.1, -0.05) is 15.9 Å². The number of hydrogen-bond acceptors (Lipinski definition) is 5. The molecule has 3 aromatic rings. The molecule has 1 amide bonds. The van der Waals surface area contributed by atoms with Crippen LogP contribution in [0.3, 0.4) is 0 Å². The molecule has 0 atom stereocenters. The predicted octanol–water partition coefficient (Wildman–Crippen LogP) is 3.92. The molecule has 0 saturated carbocycles. The van der Waals surface area contributed by atoms with Crippen molar-refractivity contribution < 1.29 is 14.3 Å². The summed E-state index contributed by atoms with van der Waals surface area (Å²) in [7, 11) is 0. The van der Waals surface area contributed by atoms with Crippen molar-refractivity contribution in [3.05, 3.63) is 50.9 Å². The van der Waals surface area contributed by atoms with Crippen LogP contribution in [0.4, 0.5) is 5.69 Å². The van der Waals surface area contributed by atoms with Crippen LogP contribution in [-0.4, -0.2) is 34.6 Å². The number of benzene rings is 2. The van der Waals surface area contributed by atoms with Gasteiger partial charge in [0.1, 0.15) is 0 Å². The second-order valence-electron chi connectivity index (χ2n) is 8.10. The lowest BCUT2D eigenvalue weighted by Crippen LogP contribution is -2.43. The van der Waals surface area contributed by atoms with E-state index in [1.807, 2.05) is 52.0 Å². The molecule has 0 spiro atoms. The van der Waals surface area contributed by atoms with E-state index in [0.29, 0.717) is 24.7 Å². The highest BCUT2D eigenvalue weighted by atomic mass is 79.9. The molecule has 0 fully saturated rings. The first-order valence-corrected chi connectivity index (χ1v) is 10.8. The van der Waals surface area contributed by atoms with Crippen molar-refractivity contribution in [3.8, 4) is 11.5 Å². The number of aromatic nitrogens is 2. The van der Waals surface area contributed by atoms with Crippen molar-refractivity contribution in [3.63, 3.8) is 0 Å². The van der Waals surface area contributed by atoms with E-state index in [4.69, 9.17) is 9.47 Å². The van der Waals surface area contributed by atoms with Crippen LogP contribution in [0.15, 0.2) is 39.6 Å². The Morgan fingerprint density at radius 3 is 2.48 bits per heavy atom. The van der Waals surface area contributed by atoms with E-state index in [1.165, 1.54) is 0 Å². The molecule has 0 aliphatic heterocycles. The Bertz CT molecular complexity index is 1130. The number of halogens is 1. The Kier molecular flexibility index (Phi) is 6.94. The average molecular weight is 491 g/mol. The van der Waals surface area contributed by atoms with Crippen molar-refractivity contribution in [1.82, 2.24) is 15.3 Å². The molecule has 1 aromatic heterocycles. The van der Waals surface area contributed by atoms with E-state index in [2.05, 4.69) is 36.5 Å². The zero-order valence-electron chi connectivity index (χ0n) is 18.0. The molecule has 9 heteroatoms. The van der Waals surface area contributed by atoms with Gasteiger partial charge in [0.15, 0.2) is 18.1 Å². The number of carbonyl (C=O) groups is 1. The van der Waals surface area contributed by atoms with Gasteiger partial charge in [-0.25, -0.2) is 4.79 Å². The highest BCUT2D eigenvalue weighted by molar-refractivity contribution is 9.10. The minimum absolute atomic E-state index is 0.101. The van der Waals surface area contributed by atoms with Gasteiger partial charge in [0.05, 0.1) is 17.6 Å². The van der Waals surface area contributed by atoms with Gasteiger partial charge in [-0.15, -0.1) is 0 Å². The monoisotopic (exact) mass is 490 g/mol. The van der Waals surface area contributed by atoms with Crippen molar-refractivity contribution in [2.24, 2.45) is 0 Å². The topological polar surface area (TPSA) is 108 Å².